The van der Waals surface area contributed by atoms with Gasteiger partial charge in [-0.25, -0.2) is 9.78 Å². The van der Waals surface area contributed by atoms with Crippen LogP contribution in [0.3, 0.4) is 0 Å². The van der Waals surface area contributed by atoms with Gasteiger partial charge in [-0.2, -0.15) is 0 Å². The molecule has 0 fully saturated rings. The molecule has 0 amide bonds. The average Bonchev–Trinajstić information content (AvgIpc) is 2.61. The van der Waals surface area contributed by atoms with Crippen molar-refractivity contribution in [3.63, 3.8) is 0 Å². The second-order valence-electron chi connectivity index (χ2n) is 3.37. The largest absolute Gasteiger partial charge is 0.477 e. The van der Waals surface area contributed by atoms with Crippen molar-refractivity contribution in [1.82, 2.24) is 19.7 Å². The zero-order chi connectivity index (χ0) is 12.4. The highest BCUT2D eigenvalue weighted by molar-refractivity contribution is 7.99. The maximum atomic E-state index is 10.8. The quantitative estimate of drug-likeness (QED) is 0.886. The van der Waals surface area contributed by atoms with Crippen LogP contribution in [-0.4, -0.2) is 30.8 Å². The molecule has 0 unspecified atom stereocenters. The lowest BCUT2D eigenvalue weighted by Crippen LogP contribution is -1.99. The lowest BCUT2D eigenvalue weighted by molar-refractivity contribution is 0.0690. The first-order chi connectivity index (χ1) is 8.08. The molecule has 0 radical (unpaired) electrons. The molecule has 7 heteroatoms. The molecule has 0 saturated heterocycles. The number of rotatable bonds is 3. The summed E-state index contributed by atoms with van der Waals surface area (Å²) in [6.45, 7) is 1.85. The molecule has 88 valence electrons. The van der Waals surface area contributed by atoms with Gasteiger partial charge in [0.2, 0.25) is 0 Å². The smallest absolute Gasteiger partial charge is 0.354 e. The van der Waals surface area contributed by atoms with E-state index in [1.807, 2.05) is 18.5 Å². The number of carbonyl (C=O) groups is 1. The summed E-state index contributed by atoms with van der Waals surface area (Å²) in [7, 11) is 1.86. The van der Waals surface area contributed by atoms with E-state index in [1.54, 1.807) is 6.07 Å². The van der Waals surface area contributed by atoms with Crippen molar-refractivity contribution >= 4 is 17.7 Å². The fourth-order valence-corrected chi connectivity index (χ4v) is 2.03. The van der Waals surface area contributed by atoms with Crippen LogP contribution in [0.1, 0.15) is 16.3 Å². The van der Waals surface area contributed by atoms with Gasteiger partial charge in [0, 0.05) is 18.1 Å². The van der Waals surface area contributed by atoms with E-state index in [9.17, 15) is 4.79 Å². The Kier molecular flexibility index (Phi) is 3.10. The van der Waals surface area contributed by atoms with Gasteiger partial charge < -0.3 is 9.67 Å². The number of carboxylic acids is 1. The summed E-state index contributed by atoms with van der Waals surface area (Å²) >= 11 is 1.35. The molecule has 0 bridgehead atoms. The van der Waals surface area contributed by atoms with E-state index in [4.69, 9.17) is 5.11 Å². The molecule has 6 nitrogen and oxygen atoms in total. The van der Waals surface area contributed by atoms with Crippen molar-refractivity contribution in [2.45, 2.75) is 17.0 Å². The fourth-order valence-electron chi connectivity index (χ4n) is 1.17. The van der Waals surface area contributed by atoms with Gasteiger partial charge in [-0.1, -0.05) is 0 Å². The molecule has 2 rings (SSSR count). The predicted octanol–water partition coefficient (Wildman–Crippen LogP) is 1.37. The third-order valence-electron chi connectivity index (χ3n) is 2.21. The van der Waals surface area contributed by atoms with Crippen LogP contribution in [0.25, 0.3) is 0 Å². The summed E-state index contributed by atoms with van der Waals surface area (Å²) in [4.78, 5) is 15.3. The summed E-state index contributed by atoms with van der Waals surface area (Å²) in [5, 5.41) is 17.5. The molecule has 0 spiro atoms. The molecule has 2 aromatic heterocycles. The number of aromatic carboxylic acids is 1. The Morgan fingerprint density at radius 2 is 2.24 bits per heavy atom. The molecule has 2 aromatic rings. The summed E-state index contributed by atoms with van der Waals surface area (Å²) in [5.74, 6) is -0.235. The molecule has 0 saturated carbocycles. The predicted molar refractivity (Wildman–Crippen MR) is 61.1 cm³/mol. The summed E-state index contributed by atoms with van der Waals surface area (Å²) in [6.07, 6.45) is 1.47. The van der Waals surface area contributed by atoms with Gasteiger partial charge in [0.05, 0.1) is 0 Å². The molecule has 0 aliphatic carbocycles. The topological polar surface area (TPSA) is 80.9 Å². The van der Waals surface area contributed by atoms with Gasteiger partial charge in [-0.15, -0.1) is 10.2 Å². The van der Waals surface area contributed by atoms with Crippen molar-refractivity contribution in [3.05, 3.63) is 29.8 Å². The van der Waals surface area contributed by atoms with E-state index in [-0.39, 0.29) is 5.69 Å². The SMILES string of the molecule is Cc1nnc(Sc2ccnc(C(=O)O)c2)n1C. The number of hydrogen-bond donors (Lipinski definition) is 1. The lowest BCUT2D eigenvalue weighted by atomic mass is 10.4. The van der Waals surface area contributed by atoms with Crippen LogP contribution < -0.4 is 0 Å². The van der Waals surface area contributed by atoms with Gasteiger partial charge in [0.15, 0.2) is 5.16 Å². The van der Waals surface area contributed by atoms with Crippen LogP contribution in [0.5, 0.6) is 0 Å². The lowest BCUT2D eigenvalue weighted by Gasteiger charge is -2.01. The first-order valence-electron chi connectivity index (χ1n) is 4.81. The second-order valence-corrected chi connectivity index (χ2v) is 4.41. The Morgan fingerprint density at radius 1 is 1.47 bits per heavy atom. The van der Waals surface area contributed by atoms with Gasteiger partial charge in [-0.05, 0) is 30.8 Å². The number of aromatic nitrogens is 4. The molecule has 2 heterocycles. The van der Waals surface area contributed by atoms with Crippen LogP contribution in [0.4, 0.5) is 0 Å². The molecular weight excluding hydrogens is 240 g/mol. The minimum atomic E-state index is -1.04. The molecular formula is C10H10N4O2S. The summed E-state index contributed by atoms with van der Waals surface area (Å²) < 4.78 is 1.84. The zero-order valence-corrected chi connectivity index (χ0v) is 10.1. The molecule has 1 N–H and O–H groups in total. The van der Waals surface area contributed by atoms with Gasteiger partial charge in [0.25, 0.3) is 0 Å². The highest BCUT2D eigenvalue weighted by Gasteiger charge is 2.09. The number of aryl methyl sites for hydroxylation is 1. The van der Waals surface area contributed by atoms with Crippen molar-refractivity contribution in [2.24, 2.45) is 7.05 Å². The van der Waals surface area contributed by atoms with Gasteiger partial charge in [-0.3, -0.25) is 0 Å². The number of pyridine rings is 1. The first-order valence-corrected chi connectivity index (χ1v) is 5.63. The number of carboxylic acid groups (broad SMARTS) is 1. The third kappa shape index (κ3) is 2.44. The normalized spacial score (nSPS) is 10.5. The zero-order valence-electron chi connectivity index (χ0n) is 9.28. The molecule has 0 aliphatic rings. The Labute approximate surface area is 102 Å². The maximum absolute atomic E-state index is 10.8. The molecule has 0 aliphatic heterocycles. The Hall–Kier alpha value is -1.89. The minimum absolute atomic E-state index is 0.0221. The van der Waals surface area contributed by atoms with E-state index in [2.05, 4.69) is 15.2 Å². The number of hydrogen-bond acceptors (Lipinski definition) is 5. The number of nitrogens with zero attached hydrogens (tertiary/aromatic N) is 4. The van der Waals surface area contributed by atoms with Crippen LogP contribution in [-0.2, 0) is 7.05 Å². The van der Waals surface area contributed by atoms with E-state index in [0.29, 0.717) is 5.16 Å². The average molecular weight is 250 g/mol. The van der Waals surface area contributed by atoms with Crippen LogP contribution in [0, 0.1) is 6.92 Å². The van der Waals surface area contributed by atoms with Crippen molar-refractivity contribution in [2.75, 3.05) is 0 Å². The van der Waals surface area contributed by atoms with Gasteiger partial charge in [0.1, 0.15) is 11.5 Å². The van der Waals surface area contributed by atoms with Crippen molar-refractivity contribution < 1.29 is 9.90 Å². The van der Waals surface area contributed by atoms with E-state index >= 15 is 0 Å². The second kappa shape index (κ2) is 4.54. The maximum Gasteiger partial charge on any atom is 0.354 e. The van der Waals surface area contributed by atoms with E-state index in [1.165, 1.54) is 24.0 Å². The standard InChI is InChI=1S/C10H10N4O2S/c1-6-12-13-10(14(6)2)17-7-3-4-11-8(5-7)9(15)16/h3-5H,1-2H3,(H,15,16). The van der Waals surface area contributed by atoms with Crippen LogP contribution >= 0.6 is 11.8 Å². The highest BCUT2D eigenvalue weighted by Crippen LogP contribution is 2.25. The Morgan fingerprint density at radius 3 is 2.82 bits per heavy atom. The van der Waals surface area contributed by atoms with Crippen molar-refractivity contribution in [3.8, 4) is 0 Å². The summed E-state index contributed by atoms with van der Waals surface area (Å²) in [5.41, 5.74) is 0.0221. The highest BCUT2D eigenvalue weighted by atomic mass is 32.2. The summed E-state index contributed by atoms with van der Waals surface area (Å²) in [6, 6.07) is 3.25. The third-order valence-corrected chi connectivity index (χ3v) is 3.24. The van der Waals surface area contributed by atoms with Crippen LogP contribution in [0.2, 0.25) is 0 Å². The molecule has 0 atom stereocenters. The monoisotopic (exact) mass is 250 g/mol. The van der Waals surface area contributed by atoms with E-state index in [0.717, 1.165) is 10.7 Å². The molecule has 17 heavy (non-hydrogen) atoms. The van der Waals surface area contributed by atoms with Gasteiger partial charge >= 0.3 is 5.97 Å². The Balaban J connectivity index is 2.27. The van der Waals surface area contributed by atoms with Crippen LogP contribution in [0.15, 0.2) is 28.4 Å². The van der Waals surface area contributed by atoms with E-state index < -0.39 is 5.97 Å². The van der Waals surface area contributed by atoms with Crippen molar-refractivity contribution in [1.29, 1.82) is 0 Å². The fraction of sp³-hybridized carbons (Fsp3) is 0.200. The first kappa shape index (κ1) is 11.6. The Bertz CT molecular complexity index is 567. The molecule has 0 aromatic carbocycles. The minimum Gasteiger partial charge on any atom is -0.477 e.